The summed E-state index contributed by atoms with van der Waals surface area (Å²) >= 11 is 0. The van der Waals surface area contributed by atoms with Crippen LogP contribution in [0.1, 0.15) is 19.0 Å². The summed E-state index contributed by atoms with van der Waals surface area (Å²) in [4.78, 5) is 4.51. The number of aromatic nitrogens is 2. The van der Waals surface area contributed by atoms with E-state index in [4.69, 9.17) is 9.47 Å². The first-order valence-corrected chi connectivity index (χ1v) is 6.02. The van der Waals surface area contributed by atoms with Gasteiger partial charge in [0.1, 0.15) is 0 Å². The molecule has 5 heteroatoms. The molecule has 1 aromatic rings. The van der Waals surface area contributed by atoms with Gasteiger partial charge in [0, 0.05) is 26.5 Å². The Morgan fingerprint density at radius 3 is 3.12 bits per heavy atom. The van der Waals surface area contributed by atoms with Crippen molar-refractivity contribution >= 4 is 5.95 Å². The van der Waals surface area contributed by atoms with E-state index >= 15 is 0 Å². The SMILES string of the molecule is COCCn1cc(C)nc1NC1(C)CCOC1. The summed E-state index contributed by atoms with van der Waals surface area (Å²) in [7, 11) is 1.71. The number of nitrogens with zero attached hydrogens (tertiary/aromatic N) is 2. The second kappa shape index (κ2) is 5.06. The van der Waals surface area contributed by atoms with Crippen molar-refractivity contribution in [3.63, 3.8) is 0 Å². The van der Waals surface area contributed by atoms with Crippen LogP contribution in [0.15, 0.2) is 6.20 Å². The molecule has 0 aromatic carbocycles. The van der Waals surface area contributed by atoms with Crippen LogP contribution in [-0.2, 0) is 16.0 Å². The first kappa shape index (κ1) is 12.4. The summed E-state index contributed by atoms with van der Waals surface area (Å²) in [5.74, 6) is 0.910. The van der Waals surface area contributed by atoms with E-state index in [9.17, 15) is 0 Å². The molecule has 0 spiro atoms. The van der Waals surface area contributed by atoms with Gasteiger partial charge in [-0.05, 0) is 20.3 Å². The molecule has 1 fully saturated rings. The predicted molar refractivity (Wildman–Crippen MR) is 66.3 cm³/mol. The lowest BCUT2D eigenvalue weighted by molar-refractivity contribution is 0.183. The third kappa shape index (κ3) is 2.98. The molecule has 0 saturated carbocycles. The zero-order chi connectivity index (χ0) is 12.3. The number of nitrogens with one attached hydrogen (secondary N) is 1. The Hall–Kier alpha value is -1.07. The van der Waals surface area contributed by atoms with Gasteiger partial charge in [0.25, 0.3) is 0 Å². The lowest BCUT2D eigenvalue weighted by Gasteiger charge is -2.24. The molecule has 2 heterocycles. The zero-order valence-corrected chi connectivity index (χ0v) is 10.8. The van der Waals surface area contributed by atoms with Gasteiger partial charge in [0.05, 0.1) is 24.4 Å². The number of rotatable bonds is 5. The Labute approximate surface area is 102 Å². The molecule has 1 aliphatic rings. The van der Waals surface area contributed by atoms with Crippen LogP contribution in [0.25, 0.3) is 0 Å². The highest BCUT2D eigenvalue weighted by molar-refractivity contribution is 5.33. The smallest absolute Gasteiger partial charge is 0.203 e. The van der Waals surface area contributed by atoms with Gasteiger partial charge in [-0.15, -0.1) is 0 Å². The summed E-state index contributed by atoms with van der Waals surface area (Å²) < 4.78 is 12.6. The normalized spacial score (nSPS) is 24.2. The monoisotopic (exact) mass is 239 g/mol. The second-order valence-corrected chi connectivity index (χ2v) is 4.88. The molecule has 1 atom stereocenters. The maximum Gasteiger partial charge on any atom is 0.203 e. The van der Waals surface area contributed by atoms with Crippen molar-refractivity contribution in [3.05, 3.63) is 11.9 Å². The summed E-state index contributed by atoms with van der Waals surface area (Å²) in [6, 6.07) is 0. The molecule has 0 aliphatic carbocycles. The van der Waals surface area contributed by atoms with Crippen LogP contribution in [-0.4, -0.2) is 42.0 Å². The van der Waals surface area contributed by atoms with Gasteiger partial charge in [-0.1, -0.05) is 0 Å². The van der Waals surface area contributed by atoms with Crippen molar-refractivity contribution in [2.75, 3.05) is 32.2 Å². The lowest BCUT2D eigenvalue weighted by atomic mass is 10.0. The third-order valence-corrected chi connectivity index (χ3v) is 3.07. The molecule has 0 bridgehead atoms. The van der Waals surface area contributed by atoms with Crippen molar-refractivity contribution in [3.8, 4) is 0 Å². The van der Waals surface area contributed by atoms with Crippen LogP contribution in [0.4, 0.5) is 5.95 Å². The Morgan fingerprint density at radius 2 is 2.47 bits per heavy atom. The molecule has 1 aromatic heterocycles. The molecule has 2 rings (SSSR count). The minimum absolute atomic E-state index is 0.00259. The quantitative estimate of drug-likeness (QED) is 0.844. The van der Waals surface area contributed by atoms with Gasteiger partial charge < -0.3 is 19.4 Å². The third-order valence-electron chi connectivity index (χ3n) is 3.07. The van der Waals surface area contributed by atoms with Gasteiger partial charge in [-0.2, -0.15) is 0 Å². The average molecular weight is 239 g/mol. The molecule has 17 heavy (non-hydrogen) atoms. The fourth-order valence-electron chi connectivity index (χ4n) is 2.04. The molecular weight excluding hydrogens is 218 g/mol. The fraction of sp³-hybridized carbons (Fsp3) is 0.750. The molecule has 0 amide bonds. The summed E-state index contributed by atoms with van der Waals surface area (Å²) in [6.07, 6.45) is 3.06. The Bertz CT molecular complexity index is 370. The number of hydrogen-bond acceptors (Lipinski definition) is 4. The number of methoxy groups -OCH3 is 1. The van der Waals surface area contributed by atoms with Crippen LogP contribution in [0, 0.1) is 6.92 Å². The lowest BCUT2D eigenvalue weighted by Crippen LogP contribution is -2.36. The van der Waals surface area contributed by atoms with Crippen molar-refractivity contribution < 1.29 is 9.47 Å². The van der Waals surface area contributed by atoms with E-state index in [-0.39, 0.29) is 5.54 Å². The minimum atomic E-state index is 0.00259. The van der Waals surface area contributed by atoms with Crippen LogP contribution < -0.4 is 5.32 Å². The van der Waals surface area contributed by atoms with E-state index < -0.39 is 0 Å². The van der Waals surface area contributed by atoms with Crippen molar-refractivity contribution in [2.45, 2.75) is 32.4 Å². The van der Waals surface area contributed by atoms with Crippen LogP contribution in [0.5, 0.6) is 0 Å². The van der Waals surface area contributed by atoms with E-state index in [0.717, 1.165) is 37.8 Å². The van der Waals surface area contributed by atoms with Crippen LogP contribution in [0.3, 0.4) is 0 Å². The molecule has 1 N–H and O–H groups in total. The zero-order valence-electron chi connectivity index (χ0n) is 10.8. The standard InChI is InChI=1S/C12H21N3O2/c1-10-8-15(5-7-16-3)11(13-10)14-12(2)4-6-17-9-12/h8H,4-7,9H2,1-3H3,(H,13,14). The van der Waals surface area contributed by atoms with Crippen molar-refractivity contribution in [1.29, 1.82) is 0 Å². The molecule has 1 unspecified atom stereocenters. The molecule has 1 aliphatic heterocycles. The van der Waals surface area contributed by atoms with E-state index in [1.807, 2.05) is 13.1 Å². The van der Waals surface area contributed by atoms with E-state index in [0.29, 0.717) is 6.61 Å². The predicted octanol–water partition coefficient (Wildman–Crippen LogP) is 1.43. The molecule has 96 valence electrons. The summed E-state index contributed by atoms with van der Waals surface area (Å²) in [5.41, 5.74) is 1.02. The van der Waals surface area contributed by atoms with Gasteiger partial charge in [-0.3, -0.25) is 0 Å². The summed E-state index contributed by atoms with van der Waals surface area (Å²) in [6.45, 7) is 7.24. The van der Waals surface area contributed by atoms with E-state index in [1.165, 1.54) is 0 Å². The highest BCUT2D eigenvalue weighted by Crippen LogP contribution is 2.23. The molecule has 5 nitrogen and oxygen atoms in total. The molecular formula is C12H21N3O2. The highest BCUT2D eigenvalue weighted by Gasteiger charge is 2.30. The van der Waals surface area contributed by atoms with Crippen LogP contribution in [0.2, 0.25) is 0 Å². The number of hydrogen-bond donors (Lipinski definition) is 1. The topological polar surface area (TPSA) is 48.3 Å². The Morgan fingerprint density at radius 1 is 1.65 bits per heavy atom. The van der Waals surface area contributed by atoms with Crippen molar-refractivity contribution in [2.24, 2.45) is 0 Å². The number of imidazole rings is 1. The van der Waals surface area contributed by atoms with E-state index in [2.05, 4.69) is 21.8 Å². The van der Waals surface area contributed by atoms with Gasteiger partial charge in [0.2, 0.25) is 5.95 Å². The second-order valence-electron chi connectivity index (χ2n) is 4.88. The fourth-order valence-corrected chi connectivity index (χ4v) is 2.04. The van der Waals surface area contributed by atoms with Gasteiger partial charge >= 0.3 is 0 Å². The van der Waals surface area contributed by atoms with Crippen molar-refractivity contribution in [1.82, 2.24) is 9.55 Å². The molecule has 0 radical (unpaired) electrons. The first-order valence-electron chi connectivity index (χ1n) is 6.02. The first-order chi connectivity index (χ1) is 8.13. The number of ether oxygens (including phenoxy) is 2. The minimum Gasteiger partial charge on any atom is -0.383 e. The average Bonchev–Trinajstić information content (AvgIpc) is 2.83. The maximum absolute atomic E-state index is 5.44. The largest absolute Gasteiger partial charge is 0.383 e. The number of aryl methyl sites for hydroxylation is 1. The Kier molecular flexibility index (Phi) is 3.69. The van der Waals surface area contributed by atoms with Gasteiger partial charge in [0.15, 0.2) is 0 Å². The maximum atomic E-state index is 5.44. The van der Waals surface area contributed by atoms with Crippen LogP contribution >= 0.6 is 0 Å². The number of anilines is 1. The highest BCUT2D eigenvalue weighted by atomic mass is 16.5. The van der Waals surface area contributed by atoms with Gasteiger partial charge in [-0.25, -0.2) is 4.98 Å². The van der Waals surface area contributed by atoms with E-state index in [1.54, 1.807) is 7.11 Å². The summed E-state index contributed by atoms with van der Waals surface area (Å²) in [5, 5.41) is 3.49. The Balaban J connectivity index is 2.08. The molecule has 1 saturated heterocycles.